The molecule has 1 atom stereocenters. The van der Waals surface area contributed by atoms with Gasteiger partial charge in [0.1, 0.15) is 0 Å². The van der Waals surface area contributed by atoms with Gasteiger partial charge in [0.25, 0.3) is 0 Å². The Balaban J connectivity index is 1.91. The lowest BCUT2D eigenvalue weighted by atomic mass is 10.0. The van der Waals surface area contributed by atoms with E-state index in [2.05, 4.69) is 49.9 Å². The molecule has 1 aromatic rings. The summed E-state index contributed by atoms with van der Waals surface area (Å²) in [4.78, 5) is 2.69. The second-order valence-corrected chi connectivity index (χ2v) is 5.76. The fourth-order valence-corrected chi connectivity index (χ4v) is 2.98. The van der Waals surface area contributed by atoms with E-state index in [1.807, 2.05) is 0 Å². The molecule has 1 nitrogen and oxygen atoms in total. The molecule has 18 heavy (non-hydrogen) atoms. The van der Waals surface area contributed by atoms with Crippen LogP contribution < -0.4 is 0 Å². The van der Waals surface area contributed by atoms with Crippen molar-refractivity contribution in [1.82, 2.24) is 4.90 Å². The van der Waals surface area contributed by atoms with Gasteiger partial charge in [-0.25, -0.2) is 0 Å². The van der Waals surface area contributed by atoms with E-state index in [1.165, 1.54) is 38.8 Å². The van der Waals surface area contributed by atoms with E-state index >= 15 is 0 Å². The van der Waals surface area contributed by atoms with Crippen molar-refractivity contribution >= 4 is 0 Å². The highest BCUT2D eigenvalue weighted by Crippen LogP contribution is 2.25. The van der Waals surface area contributed by atoms with Crippen LogP contribution in [0.4, 0.5) is 0 Å². The Bertz CT molecular complexity index is 347. The summed E-state index contributed by atoms with van der Waals surface area (Å²) in [6.45, 7) is 9.43. The molecule has 1 aromatic carbocycles. The molecule has 0 aliphatic heterocycles. The zero-order chi connectivity index (χ0) is 13.0. The minimum atomic E-state index is 0.747. The summed E-state index contributed by atoms with van der Waals surface area (Å²) in [5.74, 6) is 0.864. The van der Waals surface area contributed by atoms with Gasteiger partial charge < -0.3 is 0 Å². The molecular weight excluding hydrogens is 218 g/mol. The van der Waals surface area contributed by atoms with Crippen molar-refractivity contribution in [2.45, 2.75) is 52.5 Å². The fraction of sp³-hybridized carbons (Fsp3) is 0.647. The van der Waals surface area contributed by atoms with Crippen molar-refractivity contribution in [2.24, 2.45) is 5.92 Å². The first kappa shape index (κ1) is 13.6. The molecule has 1 unspecified atom stereocenters. The van der Waals surface area contributed by atoms with Gasteiger partial charge in [-0.1, -0.05) is 51.5 Å². The highest BCUT2D eigenvalue weighted by molar-refractivity contribution is 5.33. The maximum absolute atomic E-state index is 2.69. The van der Waals surface area contributed by atoms with Gasteiger partial charge in [-0.15, -0.1) is 0 Å². The highest BCUT2D eigenvalue weighted by Gasteiger charge is 2.25. The first-order valence-electron chi connectivity index (χ1n) is 7.55. The fourth-order valence-electron chi connectivity index (χ4n) is 2.98. The number of likely N-dealkylation sites (N-methyl/N-ethyl adjacent to an activating group) is 1. The SMILES string of the molecule is CCC(C)CCN(CC)C1Cc2ccccc2C1. The number of benzene rings is 1. The van der Waals surface area contributed by atoms with Crippen molar-refractivity contribution in [3.63, 3.8) is 0 Å². The normalized spacial score (nSPS) is 17.1. The van der Waals surface area contributed by atoms with Crippen LogP contribution in [0.3, 0.4) is 0 Å². The monoisotopic (exact) mass is 245 g/mol. The molecule has 0 fully saturated rings. The largest absolute Gasteiger partial charge is 0.300 e. The summed E-state index contributed by atoms with van der Waals surface area (Å²) in [5, 5.41) is 0. The average Bonchev–Trinajstić information content (AvgIpc) is 2.82. The Morgan fingerprint density at radius 2 is 1.78 bits per heavy atom. The highest BCUT2D eigenvalue weighted by atomic mass is 15.1. The summed E-state index contributed by atoms with van der Waals surface area (Å²) in [7, 11) is 0. The van der Waals surface area contributed by atoms with Crippen molar-refractivity contribution in [3.8, 4) is 0 Å². The van der Waals surface area contributed by atoms with E-state index in [4.69, 9.17) is 0 Å². The second kappa shape index (κ2) is 6.38. The van der Waals surface area contributed by atoms with Crippen molar-refractivity contribution < 1.29 is 0 Å². The molecule has 0 aromatic heterocycles. The van der Waals surface area contributed by atoms with Crippen LogP contribution in [0.1, 0.15) is 44.7 Å². The van der Waals surface area contributed by atoms with E-state index in [0.29, 0.717) is 0 Å². The minimum Gasteiger partial charge on any atom is -0.300 e. The van der Waals surface area contributed by atoms with Crippen LogP contribution in [0.15, 0.2) is 24.3 Å². The molecule has 0 amide bonds. The van der Waals surface area contributed by atoms with Crippen LogP contribution >= 0.6 is 0 Å². The number of hydrogen-bond donors (Lipinski definition) is 0. The lowest BCUT2D eigenvalue weighted by Gasteiger charge is -2.28. The molecule has 0 saturated heterocycles. The predicted octanol–water partition coefficient (Wildman–Crippen LogP) is 3.91. The Morgan fingerprint density at radius 1 is 1.17 bits per heavy atom. The van der Waals surface area contributed by atoms with Gasteiger partial charge in [-0.05, 0) is 49.4 Å². The van der Waals surface area contributed by atoms with Gasteiger partial charge in [0.05, 0.1) is 0 Å². The number of rotatable bonds is 6. The summed E-state index contributed by atoms with van der Waals surface area (Å²) in [5.41, 5.74) is 3.15. The maximum atomic E-state index is 2.69. The molecule has 0 spiro atoms. The van der Waals surface area contributed by atoms with Crippen LogP contribution in [0, 0.1) is 5.92 Å². The van der Waals surface area contributed by atoms with E-state index in [0.717, 1.165) is 12.0 Å². The second-order valence-electron chi connectivity index (χ2n) is 5.76. The number of hydrogen-bond acceptors (Lipinski definition) is 1. The first-order chi connectivity index (χ1) is 8.74. The Kier molecular flexibility index (Phi) is 4.82. The van der Waals surface area contributed by atoms with Crippen LogP contribution in [0.5, 0.6) is 0 Å². The van der Waals surface area contributed by atoms with Gasteiger partial charge in [0.15, 0.2) is 0 Å². The first-order valence-corrected chi connectivity index (χ1v) is 7.55. The van der Waals surface area contributed by atoms with E-state index in [9.17, 15) is 0 Å². The van der Waals surface area contributed by atoms with Crippen LogP contribution in [0.2, 0.25) is 0 Å². The molecule has 1 heteroatoms. The van der Waals surface area contributed by atoms with E-state index in [-0.39, 0.29) is 0 Å². The molecule has 100 valence electrons. The lowest BCUT2D eigenvalue weighted by molar-refractivity contribution is 0.198. The smallest absolute Gasteiger partial charge is 0.0176 e. The van der Waals surface area contributed by atoms with Gasteiger partial charge in [-0.3, -0.25) is 4.90 Å². The Hall–Kier alpha value is -0.820. The van der Waals surface area contributed by atoms with Gasteiger partial charge in [-0.2, -0.15) is 0 Å². The number of nitrogens with zero attached hydrogens (tertiary/aromatic N) is 1. The van der Waals surface area contributed by atoms with Crippen LogP contribution in [-0.2, 0) is 12.8 Å². The molecule has 0 N–H and O–H groups in total. The zero-order valence-corrected chi connectivity index (χ0v) is 12.2. The third kappa shape index (κ3) is 3.14. The molecular formula is C17H27N. The third-order valence-electron chi connectivity index (χ3n) is 4.56. The molecule has 1 aliphatic carbocycles. The quantitative estimate of drug-likeness (QED) is 0.734. The van der Waals surface area contributed by atoms with Crippen LogP contribution in [0.25, 0.3) is 0 Å². The summed E-state index contributed by atoms with van der Waals surface area (Å²) in [6.07, 6.45) is 5.16. The minimum absolute atomic E-state index is 0.747. The molecule has 2 rings (SSSR count). The molecule has 0 bridgehead atoms. The average molecular weight is 245 g/mol. The van der Waals surface area contributed by atoms with Crippen molar-refractivity contribution in [3.05, 3.63) is 35.4 Å². The molecule has 0 heterocycles. The van der Waals surface area contributed by atoms with Crippen molar-refractivity contribution in [1.29, 1.82) is 0 Å². The predicted molar refractivity (Wildman–Crippen MR) is 79.0 cm³/mol. The van der Waals surface area contributed by atoms with Gasteiger partial charge in [0, 0.05) is 6.04 Å². The summed E-state index contributed by atoms with van der Waals surface area (Å²) in [6, 6.07) is 9.71. The van der Waals surface area contributed by atoms with E-state index < -0.39 is 0 Å². The van der Waals surface area contributed by atoms with Gasteiger partial charge >= 0.3 is 0 Å². The standard InChI is InChI=1S/C17H27N/c1-4-14(3)10-11-18(5-2)17-12-15-8-6-7-9-16(15)13-17/h6-9,14,17H,4-5,10-13H2,1-3H3. The molecule has 0 saturated carbocycles. The molecule has 1 aliphatic rings. The van der Waals surface area contributed by atoms with E-state index in [1.54, 1.807) is 11.1 Å². The summed E-state index contributed by atoms with van der Waals surface area (Å²) < 4.78 is 0. The van der Waals surface area contributed by atoms with Crippen LogP contribution in [-0.4, -0.2) is 24.0 Å². The third-order valence-corrected chi connectivity index (χ3v) is 4.56. The van der Waals surface area contributed by atoms with Crippen molar-refractivity contribution in [2.75, 3.05) is 13.1 Å². The lowest BCUT2D eigenvalue weighted by Crippen LogP contribution is -2.37. The molecule has 0 radical (unpaired) electrons. The zero-order valence-electron chi connectivity index (χ0n) is 12.2. The summed E-state index contributed by atoms with van der Waals surface area (Å²) >= 11 is 0. The Labute approximate surface area is 112 Å². The van der Waals surface area contributed by atoms with Gasteiger partial charge in [0.2, 0.25) is 0 Å². The topological polar surface area (TPSA) is 3.24 Å². The Morgan fingerprint density at radius 3 is 2.28 bits per heavy atom. The number of fused-ring (bicyclic) bond motifs is 1. The maximum Gasteiger partial charge on any atom is 0.0176 e.